The van der Waals surface area contributed by atoms with Gasteiger partial charge >= 0.3 is 5.97 Å². The number of hydrogen-bond acceptors (Lipinski definition) is 9. The number of hydrogen-bond donors (Lipinski definition) is 1. The number of carbonyl (C=O) groups is 1. The minimum absolute atomic E-state index is 0.0410. The number of aryl methyl sites for hydroxylation is 1. The second-order valence-electron chi connectivity index (χ2n) is 8.18. The Kier molecular flexibility index (Phi) is 6.18. The first kappa shape index (κ1) is 23.5. The highest BCUT2D eigenvalue weighted by Gasteiger charge is 2.38. The lowest BCUT2D eigenvalue weighted by atomic mass is 10.0. The van der Waals surface area contributed by atoms with E-state index < -0.39 is 16.9 Å². The van der Waals surface area contributed by atoms with Crippen LogP contribution < -0.4 is 5.32 Å². The zero-order chi connectivity index (χ0) is 25.4. The Labute approximate surface area is 210 Å². The molecule has 4 aromatic rings. The summed E-state index contributed by atoms with van der Waals surface area (Å²) >= 11 is 1.48. The first-order valence-corrected chi connectivity index (χ1v) is 12.2. The molecule has 0 unspecified atom stereocenters. The van der Waals surface area contributed by atoms with Crippen LogP contribution >= 0.6 is 11.8 Å². The van der Waals surface area contributed by atoms with Crippen LogP contribution in [0.4, 0.5) is 11.6 Å². The third-order valence-corrected chi connectivity index (χ3v) is 6.80. The number of ether oxygens (including phenoxy) is 1. The molecule has 0 aliphatic carbocycles. The molecule has 12 heteroatoms. The number of fused-ring (bicyclic) bond motifs is 2. The number of anilines is 1. The van der Waals surface area contributed by atoms with Gasteiger partial charge in [-0.05, 0) is 25.5 Å². The predicted octanol–water partition coefficient (Wildman–Crippen LogP) is 4.22. The fourth-order valence-corrected chi connectivity index (χ4v) is 4.97. The summed E-state index contributed by atoms with van der Waals surface area (Å²) in [6.45, 7) is 3.73. The molecule has 36 heavy (non-hydrogen) atoms. The highest BCUT2D eigenvalue weighted by molar-refractivity contribution is 7.98. The second-order valence-corrected chi connectivity index (χ2v) is 9.13. The van der Waals surface area contributed by atoms with Crippen molar-refractivity contribution in [1.29, 1.82) is 0 Å². The summed E-state index contributed by atoms with van der Waals surface area (Å²) in [6, 6.07) is 13.7. The van der Waals surface area contributed by atoms with Crippen LogP contribution in [0.25, 0.3) is 11.0 Å². The number of rotatable bonds is 7. The highest BCUT2D eigenvalue weighted by Crippen LogP contribution is 2.38. The van der Waals surface area contributed by atoms with Gasteiger partial charge in [0.05, 0.1) is 28.1 Å². The van der Waals surface area contributed by atoms with E-state index in [-0.39, 0.29) is 12.3 Å². The normalized spacial score (nSPS) is 15.0. The first-order valence-electron chi connectivity index (χ1n) is 11.3. The molecule has 1 N–H and O–H groups in total. The largest absolute Gasteiger partial charge is 0.463 e. The summed E-state index contributed by atoms with van der Waals surface area (Å²) in [4.78, 5) is 33.3. The average molecular weight is 506 g/mol. The molecule has 2 aromatic heterocycles. The van der Waals surface area contributed by atoms with E-state index in [2.05, 4.69) is 10.3 Å². The second kappa shape index (κ2) is 9.46. The Balaban J connectivity index is 1.60. The van der Waals surface area contributed by atoms with Crippen molar-refractivity contribution in [1.82, 2.24) is 24.3 Å². The van der Waals surface area contributed by atoms with Gasteiger partial charge in [-0.15, -0.1) is 5.10 Å². The maximum absolute atomic E-state index is 13.1. The maximum atomic E-state index is 13.1. The van der Waals surface area contributed by atoms with Gasteiger partial charge in [-0.25, -0.2) is 14.5 Å². The van der Waals surface area contributed by atoms with Gasteiger partial charge in [0.25, 0.3) is 5.69 Å². The van der Waals surface area contributed by atoms with Crippen LogP contribution in [0.5, 0.6) is 0 Å². The number of thioether (sulfide) groups is 1. The lowest BCUT2D eigenvalue weighted by molar-refractivity contribution is -0.384. The fourth-order valence-electron chi connectivity index (χ4n) is 4.18. The third-order valence-electron chi connectivity index (χ3n) is 5.89. The van der Waals surface area contributed by atoms with Crippen LogP contribution in [0.2, 0.25) is 0 Å². The highest BCUT2D eigenvalue weighted by atomic mass is 32.2. The van der Waals surface area contributed by atoms with E-state index in [0.717, 1.165) is 5.56 Å². The zero-order valence-electron chi connectivity index (χ0n) is 19.8. The molecule has 1 aliphatic rings. The van der Waals surface area contributed by atoms with Crippen LogP contribution in [-0.2, 0) is 22.3 Å². The van der Waals surface area contributed by atoms with Gasteiger partial charge in [0.1, 0.15) is 11.9 Å². The van der Waals surface area contributed by atoms with Crippen LogP contribution in [0.3, 0.4) is 0 Å². The van der Waals surface area contributed by atoms with Crippen molar-refractivity contribution in [3.8, 4) is 0 Å². The summed E-state index contributed by atoms with van der Waals surface area (Å²) < 4.78 is 8.74. The molecule has 1 aliphatic heterocycles. The van der Waals surface area contributed by atoms with Crippen molar-refractivity contribution in [2.45, 2.75) is 30.8 Å². The Hall–Kier alpha value is -4.19. The van der Waals surface area contributed by atoms with Crippen molar-refractivity contribution in [3.05, 3.63) is 81.3 Å². The standard InChI is InChI=1S/C24H23N7O4S/c1-4-35-22(32)19-14(2)25-23-27-24(36-13-15-8-6-5-7-9-15)28-30(23)20(19)21-26-17-11-10-16(31(33)34)12-18(17)29(21)3/h5-12,20H,4,13H2,1-3H3,(H,25,27,28)/t20-/m1/s1. The number of esters is 1. The predicted molar refractivity (Wildman–Crippen MR) is 134 cm³/mol. The summed E-state index contributed by atoms with van der Waals surface area (Å²) in [6.07, 6.45) is 0. The number of nitro groups is 1. The molecular formula is C24H23N7O4S. The number of imidazole rings is 1. The molecule has 184 valence electrons. The molecule has 5 rings (SSSR count). The monoisotopic (exact) mass is 505 g/mol. The molecule has 0 fully saturated rings. The number of nitrogens with zero attached hydrogens (tertiary/aromatic N) is 6. The van der Waals surface area contributed by atoms with E-state index in [9.17, 15) is 14.9 Å². The topological polar surface area (TPSA) is 130 Å². The molecule has 1 atom stereocenters. The van der Waals surface area contributed by atoms with Gasteiger partial charge in [0.15, 0.2) is 0 Å². The Morgan fingerprint density at radius 1 is 1.22 bits per heavy atom. The summed E-state index contributed by atoms with van der Waals surface area (Å²) in [5.41, 5.74) is 3.16. The van der Waals surface area contributed by atoms with Crippen molar-refractivity contribution in [2.24, 2.45) is 7.05 Å². The third kappa shape index (κ3) is 4.19. The SMILES string of the molecule is CCOC(=O)C1=C(C)Nc2nc(SCc3ccccc3)nn2[C@H]1c1nc2ccc([N+](=O)[O-])cc2n1C. The van der Waals surface area contributed by atoms with E-state index in [4.69, 9.17) is 14.8 Å². The van der Waals surface area contributed by atoms with Gasteiger partial charge in [-0.1, -0.05) is 42.1 Å². The van der Waals surface area contributed by atoms with Crippen LogP contribution in [-0.4, -0.2) is 41.8 Å². The maximum Gasteiger partial charge on any atom is 0.338 e. The first-order chi connectivity index (χ1) is 17.4. The number of aromatic nitrogens is 5. The minimum atomic E-state index is -0.740. The molecule has 0 radical (unpaired) electrons. The van der Waals surface area contributed by atoms with Gasteiger partial charge < -0.3 is 14.6 Å². The Bertz CT molecular complexity index is 1510. The van der Waals surface area contributed by atoms with Gasteiger partial charge in [0.2, 0.25) is 11.1 Å². The van der Waals surface area contributed by atoms with Crippen molar-refractivity contribution >= 4 is 40.4 Å². The van der Waals surface area contributed by atoms with E-state index in [0.29, 0.717) is 45.0 Å². The summed E-state index contributed by atoms with van der Waals surface area (Å²) in [5.74, 6) is 1.15. The quantitative estimate of drug-likeness (QED) is 0.170. The van der Waals surface area contributed by atoms with Crippen molar-refractivity contribution < 1.29 is 14.5 Å². The van der Waals surface area contributed by atoms with E-state index >= 15 is 0 Å². The molecule has 2 aromatic carbocycles. The van der Waals surface area contributed by atoms with Crippen LogP contribution in [0, 0.1) is 10.1 Å². The Morgan fingerprint density at radius 3 is 2.72 bits per heavy atom. The van der Waals surface area contributed by atoms with Gasteiger partial charge in [0, 0.05) is 30.6 Å². The van der Waals surface area contributed by atoms with Gasteiger partial charge in [-0.2, -0.15) is 4.98 Å². The fraction of sp³-hybridized carbons (Fsp3) is 0.250. The number of non-ortho nitro benzene ring substituents is 1. The lowest BCUT2D eigenvalue weighted by Crippen LogP contribution is -2.31. The number of nitrogens with one attached hydrogen (secondary N) is 1. The number of carbonyl (C=O) groups excluding carboxylic acids is 1. The van der Waals surface area contributed by atoms with E-state index in [1.165, 1.54) is 23.9 Å². The average Bonchev–Trinajstić information content (AvgIpc) is 3.42. The molecule has 0 bridgehead atoms. The number of benzene rings is 2. The zero-order valence-corrected chi connectivity index (χ0v) is 20.7. The Morgan fingerprint density at radius 2 is 2.00 bits per heavy atom. The summed E-state index contributed by atoms with van der Waals surface area (Å²) in [7, 11) is 1.76. The van der Waals surface area contributed by atoms with E-state index in [1.807, 2.05) is 30.3 Å². The lowest BCUT2D eigenvalue weighted by Gasteiger charge is -2.27. The summed E-state index contributed by atoms with van der Waals surface area (Å²) in [5, 5.41) is 19.7. The molecule has 11 nitrogen and oxygen atoms in total. The smallest absolute Gasteiger partial charge is 0.338 e. The van der Waals surface area contributed by atoms with Gasteiger partial charge in [-0.3, -0.25) is 10.1 Å². The van der Waals surface area contributed by atoms with Crippen molar-refractivity contribution in [3.63, 3.8) is 0 Å². The van der Waals surface area contributed by atoms with Crippen LogP contribution in [0.1, 0.15) is 31.3 Å². The molecular weight excluding hydrogens is 482 g/mol. The molecule has 0 saturated heterocycles. The van der Waals surface area contributed by atoms with E-state index in [1.54, 1.807) is 36.2 Å². The number of nitro benzene ring substituents is 1. The molecule has 0 spiro atoms. The molecule has 0 saturated carbocycles. The molecule has 0 amide bonds. The van der Waals surface area contributed by atoms with Crippen LogP contribution in [0.15, 0.2) is 65.0 Å². The number of allylic oxidation sites excluding steroid dienone is 1. The van der Waals surface area contributed by atoms with Crippen molar-refractivity contribution in [2.75, 3.05) is 11.9 Å². The minimum Gasteiger partial charge on any atom is -0.463 e. The molecule has 3 heterocycles.